The summed E-state index contributed by atoms with van der Waals surface area (Å²) in [7, 11) is -4.33. The summed E-state index contributed by atoms with van der Waals surface area (Å²) in [5, 5.41) is -1.20. The van der Waals surface area contributed by atoms with Gasteiger partial charge in [-0.05, 0) is 83.4 Å². The van der Waals surface area contributed by atoms with E-state index in [1.54, 1.807) is 133 Å². The maximum atomic E-state index is 14.5. The first-order valence-corrected chi connectivity index (χ1v) is 20.0. The van der Waals surface area contributed by atoms with E-state index in [1.807, 2.05) is 0 Å². The molecule has 0 spiro atoms. The number of sulfone groups is 1. The average Bonchev–Trinajstić information content (AvgIpc) is 3.16. The van der Waals surface area contributed by atoms with E-state index in [1.165, 1.54) is 24.3 Å². The molecule has 0 saturated carbocycles. The van der Waals surface area contributed by atoms with Crippen LogP contribution in [0.5, 0.6) is 0 Å². The Morgan fingerprint density at radius 1 is 0.333 bits per heavy atom. The summed E-state index contributed by atoms with van der Waals surface area (Å²) in [5.41, 5.74) is 1.73. The van der Waals surface area contributed by atoms with Crippen molar-refractivity contribution in [2.24, 2.45) is 0 Å². The Hall–Kier alpha value is -4.65. The number of carbonyl (C=O) groups is 4. The van der Waals surface area contributed by atoms with Crippen LogP contribution in [-0.4, -0.2) is 28.9 Å². The molecule has 0 bridgehead atoms. The second-order valence-electron chi connectivity index (χ2n) is 10.8. The Bertz CT molecular complexity index is 2030. The Balaban J connectivity index is 1.41. The first-order chi connectivity index (χ1) is 24.7. The molecule has 0 N–H and O–H groups in total. The fourth-order valence-electron chi connectivity index (χ4n) is 4.73. The lowest BCUT2D eigenvalue weighted by atomic mass is 10.2. The molecule has 6 nitrogen and oxygen atoms in total. The van der Waals surface area contributed by atoms with Crippen LogP contribution in [-0.2, 0) is 9.84 Å². The molecule has 0 aliphatic carbocycles. The zero-order valence-electron chi connectivity index (χ0n) is 26.5. The molecule has 0 radical (unpaired) electrons. The molecule has 0 atom stereocenters. The number of hydrogen-bond acceptors (Lipinski definition) is 10. The molecule has 0 amide bonds. The van der Waals surface area contributed by atoms with Crippen LogP contribution in [0.1, 0.15) is 41.4 Å². The molecule has 252 valence electrons. The Morgan fingerprint density at radius 2 is 0.549 bits per heavy atom. The molecule has 6 aromatic carbocycles. The zero-order valence-corrected chi connectivity index (χ0v) is 30.6. The number of benzene rings is 6. The van der Waals surface area contributed by atoms with Gasteiger partial charge in [0.1, 0.15) is 0 Å². The molecule has 6 aromatic rings. The molecule has 0 saturated heterocycles. The Morgan fingerprint density at radius 3 is 0.765 bits per heavy atom. The quantitative estimate of drug-likeness (QED) is 0.125. The van der Waals surface area contributed by atoms with E-state index in [2.05, 4.69) is 0 Å². The van der Waals surface area contributed by atoms with Crippen LogP contribution in [0.4, 0.5) is 0 Å². The van der Waals surface area contributed by atoms with E-state index in [0.29, 0.717) is 41.8 Å². The van der Waals surface area contributed by atoms with Gasteiger partial charge in [0.15, 0.2) is 0 Å². The summed E-state index contributed by atoms with van der Waals surface area (Å²) in [4.78, 5) is 53.8. The van der Waals surface area contributed by atoms with Crippen molar-refractivity contribution in [3.05, 3.63) is 180 Å². The van der Waals surface area contributed by atoms with Crippen LogP contribution < -0.4 is 0 Å². The van der Waals surface area contributed by atoms with E-state index in [0.717, 1.165) is 47.0 Å². The zero-order chi connectivity index (χ0) is 35.8. The molecule has 0 aliphatic rings. The van der Waals surface area contributed by atoms with E-state index in [9.17, 15) is 27.6 Å². The minimum atomic E-state index is -4.33. The third kappa shape index (κ3) is 9.37. The van der Waals surface area contributed by atoms with Crippen molar-refractivity contribution in [2.45, 2.75) is 29.4 Å². The lowest BCUT2D eigenvalue weighted by Crippen LogP contribution is -2.05. The van der Waals surface area contributed by atoms with Crippen LogP contribution in [0.2, 0.25) is 0 Å². The van der Waals surface area contributed by atoms with Crippen molar-refractivity contribution < 1.29 is 27.6 Å². The van der Waals surface area contributed by atoms with Crippen LogP contribution in [0, 0.1) is 0 Å². The standard InChI is InChI=1S/C40H26O6S5/c41-37(27-13-5-1-6-14-27)47-31-21-32(48-38(42)28-15-7-2-8-16-28)24-35(23-31)51(45,46)36-25-33(49-39(43)29-17-9-3-10-18-29)22-34(26-36)50-40(44)30-19-11-4-12-20-30/h1-26H. The summed E-state index contributed by atoms with van der Waals surface area (Å²) < 4.78 is 29.0. The van der Waals surface area contributed by atoms with Gasteiger partial charge in [0.25, 0.3) is 0 Å². The van der Waals surface area contributed by atoms with Crippen molar-refractivity contribution in [3.63, 3.8) is 0 Å². The predicted octanol–water partition coefficient (Wildman–Crippen LogP) is 10.2. The van der Waals surface area contributed by atoms with Gasteiger partial charge < -0.3 is 0 Å². The highest BCUT2D eigenvalue weighted by Gasteiger charge is 2.24. The summed E-state index contributed by atoms with van der Waals surface area (Å²) >= 11 is 3.41. The third-order valence-electron chi connectivity index (χ3n) is 7.21. The largest absolute Gasteiger partial charge is 0.281 e. The molecule has 0 unspecified atom stereocenters. The molecule has 6 rings (SSSR count). The fraction of sp³-hybridized carbons (Fsp3) is 0. The van der Waals surface area contributed by atoms with Gasteiger partial charge in [-0.15, -0.1) is 0 Å². The van der Waals surface area contributed by atoms with E-state index in [4.69, 9.17) is 0 Å². The van der Waals surface area contributed by atoms with Crippen LogP contribution in [0.15, 0.2) is 187 Å². The number of rotatable bonds is 10. The van der Waals surface area contributed by atoms with Gasteiger partial charge in [-0.1, -0.05) is 121 Å². The maximum absolute atomic E-state index is 14.5. The van der Waals surface area contributed by atoms with E-state index in [-0.39, 0.29) is 30.3 Å². The molecule has 0 fully saturated rings. The van der Waals surface area contributed by atoms with Crippen molar-refractivity contribution in [1.29, 1.82) is 0 Å². The molecular weight excluding hydrogens is 737 g/mol. The summed E-state index contributed by atoms with van der Waals surface area (Å²) in [5.74, 6) is 0. The topological polar surface area (TPSA) is 102 Å². The van der Waals surface area contributed by atoms with E-state index < -0.39 is 9.84 Å². The van der Waals surface area contributed by atoms with Gasteiger partial charge in [-0.2, -0.15) is 0 Å². The summed E-state index contributed by atoms with van der Waals surface area (Å²) in [6.45, 7) is 0. The molecule has 0 aliphatic heterocycles. The number of thioether (sulfide) groups is 4. The van der Waals surface area contributed by atoms with Gasteiger partial charge in [0.05, 0.1) is 9.79 Å². The van der Waals surface area contributed by atoms with Gasteiger partial charge in [-0.25, -0.2) is 8.42 Å². The summed E-state index contributed by atoms with van der Waals surface area (Å²) in [6.07, 6.45) is 0. The smallest absolute Gasteiger partial charge is 0.224 e. The van der Waals surface area contributed by atoms with Crippen molar-refractivity contribution in [2.75, 3.05) is 0 Å². The first kappa shape index (κ1) is 36.2. The van der Waals surface area contributed by atoms with Gasteiger partial charge in [-0.3, -0.25) is 19.2 Å². The minimum Gasteiger partial charge on any atom is -0.281 e. The van der Waals surface area contributed by atoms with Crippen molar-refractivity contribution >= 4 is 77.3 Å². The van der Waals surface area contributed by atoms with Gasteiger partial charge in [0, 0.05) is 41.8 Å². The second-order valence-corrected chi connectivity index (χ2v) is 16.9. The lowest BCUT2D eigenvalue weighted by molar-refractivity contribution is 0.108. The number of carbonyl (C=O) groups excluding carboxylic acids is 4. The molecule has 0 aromatic heterocycles. The SMILES string of the molecule is O=C(Sc1cc(SC(=O)c2ccccc2)cc(S(=O)(=O)c2cc(SC(=O)c3ccccc3)cc(SC(=O)c3ccccc3)c2)c1)c1ccccc1. The second kappa shape index (κ2) is 16.6. The molecule has 51 heavy (non-hydrogen) atoms. The van der Waals surface area contributed by atoms with Crippen LogP contribution >= 0.6 is 47.0 Å². The monoisotopic (exact) mass is 762 g/mol. The van der Waals surface area contributed by atoms with E-state index >= 15 is 0 Å². The fourth-order valence-corrected chi connectivity index (χ4v) is 9.94. The summed E-state index contributed by atoms with van der Waals surface area (Å²) in [6, 6.07) is 43.2. The van der Waals surface area contributed by atoms with Crippen LogP contribution in [0.3, 0.4) is 0 Å². The third-order valence-corrected chi connectivity index (χ3v) is 12.5. The Labute approximate surface area is 312 Å². The predicted molar refractivity (Wildman–Crippen MR) is 205 cm³/mol. The first-order valence-electron chi connectivity index (χ1n) is 15.3. The molecule has 11 heteroatoms. The lowest BCUT2D eigenvalue weighted by Gasteiger charge is -2.13. The minimum absolute atomic E-state index is 0.154. The highest BCUT2D eigenvalue weighted by Crippen LogP contribution is 2.37. The van der Waals surface area contributed by atoms with Crippen molar-refractivity contribution in [3.8, 4) is 0 Å². The Kier molecular flexibility index (Phi) is 11.8. The van der Waals surface area contributed by atoms with Gasteiger partial charge in [0.2, 0.25) is 30.3 Å². The highest BCUT2D eigenvalue weighted by atomic mass is 32.2. The van der Waals surface area contributed by atoms with Crippen molar-refractivity contribution in [1.82, 2.24) is 0 Å². The maximum Gasteiger partial charge on any atom is 0.224 e. The normalized spacial score (nSPS) is 11.1. The molecule has 0 heterocycles. The highest BCUT2D eigenvalue weighted by molar-refractivity contribution is 8.15. The number of hydrogen-bond donors (Lipinski definition) is 0. The average molecular weight is 763 g/mol. The van der Waals surface area contributed by atoms with Crippen LogP contribution in [0.25, 0.3) is 0 Å². The van der Waals surface area contributed by atoms with Gasteiger partial charge >= 0.3 is 0 Å². The molecular formula is C40H26O6S5.